The van der Waals surface area contributed by atoms with Crippen molar-refractivity contribution in [3.63, 3.8) is 0 Å². The van der Waals surface area contributed by atoms with Gasteiger partial charge in [-0.15, -0.1) is 0 Å². The number of rotatable bonds is 0. The SMILES string of the molecule is Oc1c2c(cc3ccccc13)C=CN=[Si]2. The molecule has 3 rings (SSSR count). The van der Waals surface area contributed by atoms with E-state index in [0.29, 0.717) is 15.1 Å². The lowest BCUT2D eigenvalue weighted by molar-refractivity contribution is 0.485. The number of aromatic hydroxyl groups is 1. The van der Waals surface area contributed by atoms with Gasteiger partial charge in [-0.2, -0.15) is 0 Å². The van der Waals surface area contributed by atoms with Crippen LogP contribution >= 0.6 is 0 Å². The van der Waals surface area contributed by atoms with Crippen molar-refractivity contribution in [1.82, 2.24) is 0 Å². The molecule has 1 N–H and O–H groups in total. The van der Waals surface area contributed by atoms with Gasteiger partial charge in [0.05, 0.1) is 0 Å². The van der Waals surface area contributed by atoms with Gasteiger partial charge in [0.25, 0.3) is 0 Å². The highest BCUT2D eigenvalue weighted by Gasteiger charge is 2.11. The van der Waals surface area contributed by atoms with Crippen LogP contribution < -0.4 is 5.19 Å². The average molecular weight is 210 g/mol. The van der Waals surface area contributed by atoms with Crippen LogP contribution in [0.1, 0.15) is 5.56 Å². The number of phenolic OH excluding ortho intramolecular Hbond substituents is 1. The molecule has 71 valence electrons. The fraction of sp³-hybridized carbons (Fsp3) is 0. The second kappa shape index (κ2) is 3.14. The predicted molar refractivity (Wildman–Crippen MR) is 62.5 cm³/mol. The molecular formula is C12H8NOSi. The van der Waals surface area contributed by atoms with E-state index in [2.05, 4.69) is 10.7 Å². The lowest BCUT2D eigenvalue weighted by atomic mass is 10.1. The first kappa shape index (κ1) is 8.56. The van der Waals surface area contributed by atoms with Crippen LogP contribution in [-0.4, -0.2) is 14.4 Å². The third-order valence-electron chi connectivity index (χ3n) is 2.56. The fourth-order valence-corrected chi connectivity index (χ4v) is 2.62. The largest absolute Gasteiger partial charge is 0.507 e. The van der Waals surface area contributed by atoms with Crippen LogP contribution in [0.3, 0.4) is 0 Å². The highest BCUT2D eigenvalue weighted by atomic mass is 28.2. The predicted octanol–water partition coefficient (Wildman–Crippen LogP) is 2.04. The fourth-order valence-electron chi connectivity index (χ4n) is 1.82. The Morgan fingerprint density at radius 3 is 3.00 bits per heavy atom. The van der Waals surface area contributed by atoms with Crippen molar-refractivity contribution in [3.8, 4) is 5.75 Å². The molecule has 3 heteroatoms. The first-order chi connectivity index (χ1) is 7.36. The van der Waals surface area contributed by atoms with Crippen molar-refractivity contribution >= 4 is 31.3 Å². The Labute approximate surface area is 89.4 Å². The van der Waals surface area contributed by atoms with Crippen LogP contribution in [0.4, 0.5) is 0 Å². The maximum absolute atomic E-state index is 10.1. The van der Waals surface area contributed by atoms with Crippen LogP contribution in [0.25, 0.3) is 16.8 Å². The van der Waals surface area contributed by atoms with E-state index >= 15 is 0 Å². The van der Waals surface area contributed by atoms with Crippen LogP contribution in [0.5, 0.6) is 5.75 Å². The summed E-state index contributed by atoms with van der Waals surface area (Å²) in [5, 5.41) is 13.0. The quantitative estimate of drug-likeness (QED) is 0.663. The summed E-state index contributed by atoms with van der Waals surface area (Å²) < 4.78 is 4.17. The molecule has 0 aliphatic carbocycles. The maximum Gasteiger partial charge on any atom is 0.200 e. The molecule has 0 saturated heterocycles. The molecule has 2 nitrogen and oxygen atoms in total. The topological polar surface area (TPSA) is 32.6 Å². The minimum absolute atomic E-state index is 0.323. The standard InChI is InChI=1S/C12H8NOSi/c14-11-10-4-2-1-3-8(10)7-9-5-6-13-15-12(9)11/h1-7,14H. The minimum Gasteiger partial charge on any atom is -0.507 e. The molecular weight excluding hydrogens is 202 g/mol. The molecule has 1 heterocycles. The third kappa shape index (κ3) is 1.24. The second-order valence-electron chi connectivity index (χ2n) is 3.47. The molecule has 0 unspecified atom stereocenters. The smallest absolute Gasteiger partial charge is 0.200 e. The summed E-state index contributed by atoms with van der Waals surface area (Å²) in [6.45, 7) is 0. The molecule has 0 atom stereocenters. The summed E-state index contributed by atoms with van der Waals surface area (Å²) in [5.74, 6) is 0.384. The summed E-state index contributed by atoms with van der Waals surface area (Å²) >= 11 is 0. The molecule has 0 amide bonds. The number of nitrogens with zero attached hydrogens (tertiary/aromatic N) is 1. The summed E-state index contributed by atoms with van der Waals surface area (Å²) in [7, 11) is 0.323. The van der Waals surface area contributed by atoms with Gasteiger partial charge in [-0.3, -0.25) is 0 Å². The van der Waals surface area contributed by atoms with E-state index in [1.54, 1.807) is 6.20 Å². The number of hydrogen-bond donors (Lipinski definition) is 1. The molecule has 15 heavy (non-hydrogen) atoms. The van der Waals surface area contributed by atoms with Gasteiger partial charge in [-0.25, -0.2) is 0 Å². The zero-order valence-electron chi connectivity index (χ0n) is 7.94. The van der Waals surface area contributed by atoms with Gasteiger partial charge in [0, 0.05) is 16.8 Å². The lowest BCUT2D eigenvalue weighted by Gasteiger charge is -2.09. The van der Waals surface area contributed by atoms with Crippen molar-refractivity contribution in [3.05, 3.63) is 42.1 Å². The van der Waals surface area contributed by atoms with Gasteiger partial charge in [0.1, 0.15) is 5.75 Å². The van der Waals surface area contributed by atoms with Crippen molar-refractivity contribution in [2.24, 2.45) is 4.63 Å². The Kier molecular flexibility index (Phi) is 1.79. The zero-order valence-corrected chi connectivity index (χ0v) is 8.94. The molecule has 2 aromatic carbocycles. The Morgan fingerprint density at radius 1 is 1.20 bits per heavy atom. The van der Waals surface area contributed by atoms with Gasteiger partial charge < -0.3 is 9.74 Å². The van der Waals surface area contributed by atoms with E-state index in [4.69, 9.17) is 0 Å². The molecule has 0 fully saturated rings. The Morgan fingerprint density at radius 2 is 2.07 bits per heavy atom. The molecule has 0 aromatic heterocycles. The Bertz CT molecular complexity index is 602. The molecule has 1 radical (unpaired) electrons. The second-order valence-corrected chi connectivity index (χ2v) is 4.45. The molecule has 1 aliphatic heterocycles. The van der Waals surface area contributed by atoms with Crippen molar-refractivity contribution in [2.75, 3.05) is 0 Å². The lowest BCUT2D eigenvalue weighted by Crippen LogP contribution is -2.14. The van der Waals surface area contributed by atoms with Crippen LogP contribution in [-0.2, 0) is 0 Å². The van der Waals surface area contributed by atoms with Crippen LogP contribution in [0, 0.1) is 0 Å². The number of benzene rings is 2. The number of fused-ring (bicyclic) bond motifs is 2. The summed E-state index contributed by atoms with van der Waals surface area (Å²) in [5.41, 5.74) is 1.08. The van der Waals surface area contributed by atoms with E-state index in [9.17, 15) is 5.11 Å². The molecule has 1 aliphatic rings. The molecule has 0 saturated carbocycles. The van der Waals surface area contributed by atoms with Gasteiger partial charge >= 0.3 is 0 Å². The first-order valence-corrected chi connectivity index (χ1v) is 5.68. The molecule has 0 bridgehead atoms. The van der Waals surface area contributed by atoms with E-state index in [1.165, 1.54) is 0 Å². The van der Waals surface area contributed by atoms with Crippen LogP contribution in [0.2, 0.25) is 0 Å². The third-order valence-corrected chi connectivity index (χ3v) is 3.58. The first-order valence-electron chi connectivity index (χ1n) is 4.73. The molecule has 0 spiro atoms. The maximum atomic E-state index is 10.1. The zero-order chi connectivity index (χ0) is 10.3. The summed E-state index contributed by atoms with van der Waals surface area (Å²) in [6, 6.07) is 9.97. The Balaban J connectivity index is 2.48. The highest BCUT2D eigenvalue weighted by Crippen LogP contribution is 2.25. The molecule has 2 aromatic rings. The van der Waals surface area contributed by atoms with E-state index < -0.39 is 0 Å². The minimum atomic E-state index is 0.323. The normalized spacial score (nSPS) is 13.1. The van der Waals surface area contributed by atoms with Gasteiger partial charge in [0.2, 0.25) is 0 Å². The monoisotopic (exact) mass is 210 g/mol. The highest BCUT2D eigenvalue weighted by molar-refractivity contribution is 6.47. The van der Waals surface area contributed by atoms with E-state index in [1.807, 2.05) is 30.3 Å². The van der Waals surface area contributed by atoms with Crippen LogP contribution in [0.15, 0.2) is 41.2 Å². The Hall–Kier alpha value is -1.74. The average Bonchev–Trinajstić information content (AvgIpc) is 2.30. The van der Waals surface area contributed by atoms with Crippen molar-refractivity contribution in [1.29, 1.82) is 0 Å². The van der Waals surface area contributed by atoms with Gasteiger partial charge in [-0.05, 0) is 23.1 Å². The van der Waals surface area contributed by atoms with Crippen molar-refractivity contribution in [2.45, 2.75) is 0 Å². The van der Waals surface area contributed by atoms with Crippen molar-refractivity contribution < 1.29 is 5.11 Å². The van der Waals surface area contributed by atoms with E-state index in [0.717, 1.165) is 21.5 Å². The summed E-state index contributed by atoms with van der Waals surface area (Å²) in [6.07, 6.45) is 3.74. The van der Waals surface area contributed by atoms with E-state index in [-0.39, 0.29) is 0 Å². The van der Waals surface area contributed by atoms with Gasteiger partial charge in [-0.1, -0.05) is 24.3 Å². The number of phenols is 1. The summed E-state index contributed by atoms with van der Waals surface area (Å²) in [4.78, 5) is 0. The van der Waals surface area contributed by atoms with Gasteiger partial charge in [0.15, 0.2) is 9.31 Å². The number of hydrogen-bond acceptors (Lipinski definition) is 2.